The zero-order chi connectivity index (χ0) is 13.0. The number of amides is 1. The highest BCUT2D eigenvalue weighted by atomic mass is 16.2. The van der Waals surface area contributed by atoms with E-state index in [1.165, 1.54) is 6.42 Å². The van der Waals surface area contributed by atoms with E-state index < -0.39 is 0 Å². The molecule has 1 N–H and O–H groups in total. The number of aromatic nitrogens is 2. The van der Waals surface area contributed by atoms with Gasteiger partial charge in [0.15, 0.2) is 0 Å². The van der Waals surface area contributed by atoms with Crippen LogP contribution in [-0.2, 0) is 0 Å². The molecule has 1 atom stereocenters. The van der Waals surface area contributed by atoms with Crippen LogP contribution in [0.5, 0.6) is 0 Å². The molecule has 0 saturated carbocycles. The Morgan fingerprint density at radius 3 is 2.94 bits per heavy atom. The van der Waals surface area contributed by atoms with Crippen molar-refractivity contribution in [3.63, 3.8) is 0 Å². The first-order chi connectivity index (χ1) is 8.76. The van der Waals surface area contributed by atoms with Crippen LogP contribution < -0.4 is 5.32 Å². The number of carbonyl (C=O) groups excluding carboxylic acids is 1. The maximum atomic E-state index is 12.1. The van der Waals surface area contributed by atoms with Crippen molar-refractivity contribution in [3.8, 4) is 0 Å². The number of hydrogen-bond donors (Lipinski definition) is 1. The summed E-state index contributed by atoms with van der Waals surface area (Å²) in [6.07, 6.45) is 4.23. The average molecular weight is 250 g/mol. The Morgan fingerprint density at radius 1 is 1.56 bits per heavy atom. The average Bonchev–Trinajstić information content (AvgIpc) is 2.90. The van der Waals surface area contributed by atoms with E-state index in [2.05, 4.69) is 10.4 Å². The number of nitrogens with zero attached hydrogens (tertiary/aromatic N) is 3. The fourth-order valence-electron chi connectivity index (χ4n) is 2.39. The van der Waals surface area contributed by atoms with Gasteiger partial charge in [-0.15, -0.1) is 0 Å². The lowest BCUT2D eigenvalue weighted by atomic mass is 10.1. The van der Waals surface area contributed by atoms with Crippen LogP contribution in [0.1, 0.15) is 43.2 Å². The molecule has 1 fully saturated rings. The molecule has 1 amide bonds. The first kappa shape index (κ1) is 13.1. The summed E-state index contributed by atoms with van der Waals surface area (Å²) in [5.74, 6) is 0.0301. The van der Waals surface area contributed by atoms with Gasteiger partial charge in [-0.3, -0.25) is 9.48 Å². The SMILES string of the molecule is CCN(CC)C(=O)c1ccn(C2CCCNC2)n1. The standard InChI is InChI=1S/C13H22N4O/c1-3-16(4-2)13(18)12-7-9-17(15-12)11-6-5-8-14-10-11/h7,9,11,14H,3-6,8,10H2,1-2H3. The van der Waals surface area contributed by atoms with Gasteiger partial charge in [0.1, 0.15) is 5.69 Å². The molecule has 5 nitrogen and oxygen atoms in total. The van der Waals surface area contributed by atoms with Crippen LogP contribution in [0, 0.1) is 0 Å². The van der Waals surface area contributed by atoms with Crippen LogP contribution in [0.15, 0.2) is 12.3 Å². The fourth-order valence-corrected chi connectivity index (χ4v) is 2.39. The largest absolute Gasteiger partial charge is 0.338 e. The Hall–Kier alpha value is -1.36. The number of nitrogens with one attached hydrogen (secondary N) is 1. The Balaban J connectivity index is 2.07. The van der Waals surface area contributed by atoms with Crippen molar-refractivity contribution in [1.82, 2.24) is 20.0 Å². The van der Waals surface area contributed by atoms with E-state index >= 15 is 0 Å². The second-order valence-electron chi connectivity index (χ2n) is 4.66. The van der Waals surface area contributed by atoms with Crippen molar-refractivity contribution < 1.29 is 4.79 Å². The van der Waals surface area contributed by atoms with Gasteiger partial charge in [-0.05, 0) is 39.3 Å². The van der Waals surface area contributed by atoms with Gasteiger partial charge in [0.05, 0.1) is 6.04 Å². The molecule has 18 heavy (non-hydrogen) atoms. The Labute approximate surface area is 108 Å². The monoisotopic (exact) mass is 250 g/mol. The molecule has 0 bridgehead atoms. The van der Waals surface area contributed by atoms with Gasteiger partial charge in [-0.1, -0.05) is 0 Å². The Morgan fingerprint density at radius 2 is 2.33 bits per heavy atom. The minimum absolute atomic E-state index is 0.0301. The molecule has 1 aromatic heterocycles. The van der Waals surface area contributed by atoms with Crippen molar-refractivity contribution in [2.45, 2.75) is 32.7 Å². The molecule has 0 aromatic carbocycles. The van der Waals surface area contributed by atoms with Crippen molar-refractivity contribution in [3.05, 3.63) is 18.0 Å². The van der Waals surface area contributed by atoms with Gasteiger partial charge in [0.2, 0.25) is 0 Å². The first-order valence-corrected chi connectivity index (χ1v) is 6.81. The van der Waals surface area contributed by atoms with E-state index in [-0.39, 0.29) is 5.91 Å². The van der Waals surface area contributed by atoms with Crippen LogP contribution in [-0.4, -0.2) is 46.8 Å². The van der Waals surface area contributed by atoms with Gasteiger partial charge >= 0.3 is 0 Å². The molecular formula is C13H22N4O. The molecule has 1 unspecified atom stereocenters. The predicted molar refractivity (Wildman–Crippen MR) is 70.6 cm³/mol. The molecule has 0 spiro atoms. The molecule has 2 heterocycles. The van der Waals surface area contributed by atoms with Crippen LogP contribution in [0.2, 0.25) is 0 Å². The third-order valence-corrected chi connectivity index (χ3v) is 3.52. The van der Waals surface area contributed by atoms with Gasteiger partial charge in [-0.2, -0.15) is 5.10 Å². The lowest BCUT2D eigenvalue weighted by molar-refractivity contribution is 0.0765. The lowest BCUT2D eigenvalue weighted by Crippen LogP contribution is -2.33. The Bertz CT molecular complexity index is 391. The normalized spacial score (nSPS) is 19.8. The maximum absolute atomic E-state index is 12.1. The van der Waals surface area contributed by atoms with Crippen LogP contribution >= 0.6 is 0 Å². The molecule has 2 rings (SSSR count). The second-order valence-corrected chi connectivity index (χ2v) is 4.66. The van der Waals surface area contributed by atoms with E-state index in [0.717, 1.165) is 32.6 Å². The van der Waals surface area contributed by atoms with Crippen LogP contribution in [0.25, 0.3) is 0 Å². The van der Waals surface area contributed by atoms with Crippen molar-refractivity contribution >= 4 is 5.91 Å². The zero-order valence-corrected chi connectivity index (χ0v) is 11.2. The van der Waals surface area contributed by atoms with Crippen molar-refractivity contribution in [2.24, 2.45) is 0 Å². The van der Waals surface area contributed by atoms with Gasteiger partial charge in [0, 0.05) is 25.8 Å². The second kappa shape index (κ2) is 6.00. The third kappa shape index (κ3) is 2.72. The highest BCUT2D eigenvalue weighted by molar-refractivity contribution is 5.92. The molecule has 0 aliphatic carbocycles. The van der Waals surface area contributed by atoms with Gasteiger partial charge < -0.3 is 10.2 Å². The van der Waals surface area contributed by atoms with Gasteiger partial charge in [-0.25, -0.2) is 0 Å². The molecule has 5 heteroatoms. The highest BCUT2D eigenvalue weighted by Gasteiger charge is 2.19. The highest BCUT2D eigenvalue weighted by Crippen LogP contribution is 2.16. The zero-order valence-electron chi connectivity index (χ0n) is 11.2. The van der Waals surface area contributed by atoms with E-state index in [1.54, 1.807) is 4.90 Å². The molecular weight excluding hydrogens is 228 g/mol. The summed E-state index contributed by atoms with van der Waals surface area (Å²) in [4.78, 5) is 13.9. The van der Waals surface area contributed by atoms with Crippen molar-refractivity contribution in [1.29, 1.82) is 0 Å². The molecule has 0 radical (unpaired) electrons. The molecule has 1 saturated heterocycles. The summed E-state index contributed by atoms with van der Waals surface area (Å²) in [6.45, 7) is 7.47. The topological polar surface area (TPSA) is 50.2 Å². The van der Waals surface area contributed by atoms with Crippen LogP contribution in [0.4, 0.5) is 0 Å². The summed E-state index contributed by atoms with van der Waals surface area (Å²) in [6, 6.07) is 2.21. The van der Waals surface area contributed by atoms with E-state index in [9.17, 15) is 4.79 Å². The fraction of sp³-hybridized carbons (Fsp3) is 0.692. The van der Waals surface area contributed by atoms with Crippen molar-refractivity contribution in [2.75, 3.05) is 26.2 Å². The number of rotatable bonds is 4. The van der Waals surface area contributed by atoms with E-state index in [0.29, 0.717) is 11.7 Å². The molecule has 1 aromatic rings. The smallest absolute Gasteiger partial charge is 0.274 e. The maximum Gasteiger partial charge on any atom is 0.274 e. The first-order valence-electron chi connectivity index (χ1n) is 6.81. The minimum atomic E-state index is 0.0301. The number of carbonyl (C=O) groups is 1. The Kier molecular flexibility index (Phi) is 4.36. The summed E-state index contributed by atoms with van der Waals surface area (Å²) < 4.78 is 1.93. The number of piperidine rings is 1. The van der Waals surface area contributed by atoms with Gasteiger partial charge in [0.25, 0.3) is 5.91 Å². The number of hydrogen-bond acceptors (Lipinski definition) is 3. The summed E-state index contributed by atoms with van der Waals surface area (Å²) >= 11 is 0. The predicted octanol–water partition coefficient (Wildman–Crippen LogP) is 1.29. The third-order valence-electron chi connectivity index (χ3n) is 3.52. The quantitative estimate of drug-likeness (QED) is 0.876. The minimum Gasteiger partial charge on any atom is -0.338 e. The summed E-state index contributed by atoms with van der Waals surface area (Å²) in [7, 11) is 0. The van der Waals surface area contributed by atoms with Crippen LogP contribution in [0.3, 0.4) is 0 Å². The van der Waals surface area contributed by atoms with E-state index in [4.69, 9.17) is 0 Å². The van der Waals surface area contributed by atoms with E-state index in [1.807, 2.05) is 30.8 Å². The summed E-state index contributed by atoms with van der Waals surface area (Å²) in [5.41, 5.74) is 0.560. The molecule has 1 aliphatic rings. The summed E-state index contributed by atoms with van der Waals surface area (Å²) in [5, 5.41) is 7.80. The molecule has 100 valence electrons. The molecule has 1 aliphatic heterocycles. The lowest BCUT2D eigenvalue weighted by Gasteiger charge is -2.23.